The summed E-state index contributed by atoms with van der Waals surface area (Å²) in [5.41, 5.74) is 0.840. The molecule has 0 aromatic carbocycles. The monoisotopic (exact) mass is 848 g/mol. The van der Waals surface area contributed by atoms with Crippen LogP contribution in [-0.4, -0.2) is 172 Å². The van der Waals surface area contributed by atoms with Gasteiger partial charge >= 0.3 is 0 Å². The molecule has 0 aliphatic rings. The van der Waals surface area contributed by atoms with Crippen molar-refractivity contribution in [1.29, 1.82) is 0 Å². The summed E-state index contributed by atoms with van der Waals surface area (Å²) in [6, 6.07) is 0. The molecular weight excluding hydrogens is 766 g/mol. The molecule has 0 N–H and O–H groups in total. The van der Waals surface area contributed by atoms with Crippen molar-refractivity contribution in [3.63, 3.8) is 0 Å². The van der Waals surface area contributed by atoms with Crippen LogP contribution >= 0.6 is 0 Å². The first kappa shape index (κ1) is 55.1. The number of nitrogens with zero attached hydrogens (tertiary/aromatic N) is 3. The van der Waals surface area contributed by atoms with Crippen LogP contribution in [0.1, 0.15) is 92.2 Å². The minimum absolute atomic E-state index is 0.199. The molecule has 346 valence electrons. The Labute approximate surface area is 355 Å². The van der Waals surface area contributed by atoms with Gasteiger partial charge < -0.3 is 52.1 Å². The second-order valence-corrected chi connectivity index (χ2v) is 16.3. The van der Waals surface area contributed by atoms with Gasteiger partial charge in [0.25, 0.3) is 0 Å². The van der Waals surface area contributed by atoms with Gasteiger partial charge in [-0.25, -0.2) is 4.68 Å². The topological polar surface area (TPSA) is 166 Å². The lowest BCUT2D eigenvalue weighted by molar-refractivity contribution is -0.127. The Balaban J connectivity index is 1.77. The minimum atomic E-state index is -0.320. The van der Waals surface area contributed by atoms with E-state index in [9.17, 15) is 9.59 Å². The second kappa shape index (κ2) is 37.8. The molecule has 1 heterocycles. The van der Waals surface area contributed by atoms with Crippen molar-refractivity contribution in [3.8, 4) is 0 Å². The molecule has 0 saturated carbocycles. The summed E-state index contributed by atoms with van der Waals surface area (Å²) in [6.45, 7) is 24.4. The van der Waals surface area contributed by atoms with E-state index in [1.807, 2.05) is 27.0 Å². The summed E-state index contributed by atoms with van der Waals surface area (Å²) < 4.78 is 62.6. The maximum absolute atomic E-state index is 12.3. The van der Waals surface area contributed by atoms with E-state index in [-0.39, 0.29) is 17.0 Å². The molecule has 1 aromatic heterocycles. The molecule has 0 atom stereocenters. The number of rotatable bonds is 44. The highest BCUT2D eigenvalue weighted by Gasteiger charge is 2.20. The van der Waals surface area contributed by atoms with Gasteiger partial charge in [-0.2, -0.15) is 0 Å². The van der Waals surface area contributed by atoms with Crippen molar-refractivity contribution in [2.24, 2.45) is 10.8 Å². The van der Waals surface area contributed by atoms with Crippen molar-refractivity contribution in [3.05, 3.63) is 11.9 Å². The number of hydrogen-bond acceptors (Lipinski definition) is 15. The zero-order valence-electron chi connectivity index (χ0n) is 37.6. The van der Waals surface area contributed by atoms with Crippen LogP contribution in [0, 0.1) is 10.8 Å². The summed E-state index contributed by atoms with van der Waals surface area (Å²) in [6.07, 6.45) is 7.79. The third-order valence-corrected chi connectivity index (χ3v) is 8.58. The lowest BCUT2D eigenvalue weighted by atomic mass is 9.89. The average Bonchev–Trinajstić information content (AvgIpc) is 3.65. The second-order valence-electron chi connectivity index (χ2n) is 16.3. The van der Waals surface area contributed by atoms with Gasteiger partial charge in [0, 0.05) is 44.1 Å². The molecule has 1 aromatic rings. The molecular formula is C43H81N3O13. The Morgan fingerprint density at radius 2 is 0.864 bits per heavy atom. The third kappa shape index (κ3) is 38.7. The van der Waals surface area contributed by atoms with Gasteiger partial charge in [-0.15, -0.1) is 5.10 Å². The van der Waals surface area contributed by atoms with Crippen molar-refractivity contribution in [2.75, 3.05) is 145 Å². The predicted octanol–water partition coefficient (Wildman–Crippen LogP) is 4.96. The molecule has 1 rings (SSSR count). The van der Waals surface area contributed by atoms with Gasteiger partial charge in [0.1, 0.15) is 11.6 Å². The molecule has 0 aliphatic heterocycles. The number of aryl methyl sites for hydroxylation is 1. The van der Waals surface area contributed by atoms with Crippen LogP contribution in [0.5, 0.6) is 0 Å². The van der Waals surface area contributed by atoms with Crippen LogP contribution in [0.15, 0.2) is 6.20 Å². The molecule has 0 amide bonds. The summed E-state index contributed by atoms with van der Waals surface area (Å²) >= 11 is 0. The number of unbranched alkanes of at least 4 members (excludes halogenated alkanes) is 1. The summed E-state index contributed by atoms with van der Waals surface area (Å²) in [4.78, 5) is 24.1. The van der Waals surface area contributed by atoms with Crippen LogP contribution in [0.3, 0.4) is 0 Å². The van der Waals surface area contributed by atoms with Gasteiger partial charge in [0.05, 0.1) is 144 Å². The number of hydrogen-bond donors (Lipinski definition) is 0. The fraction of sp³-hybridized carbons (Fsp3) is 0.907. The van der Waals surface area contributed by atoms with E-state index in [1.54, 1.807) is 4.68 Å². The fourth-order valence-electron chi connectivity index (χ4n) is 5.07. The molecule has 0 unspecified atom stereocenters. The minimum Gasteiger partial charge on any atom is -0.379 e. The Morgan fingerprint density at radius 1 is 0.475 bits per heavy atom. The van der Waals surface area contributed by atoms with Gasteiger partial charge in [-0.05, 0) is 37.5 Å². The Morgan fingerprint density at radius 3 is 1.29 bits per heavy atom. The quantitative estimate of drug-likeness (QED) is 0.0808. The van der Waals surface area contributed by atoms with Crippen LogP contribution in [0.2, 0.25) is 0 Å². The molecule has 0 aliphatic carbocycles. The highest BCUT2D eigenvalue weighted by atomic mass is 16.6. The van der Waals surface area contributed by atoms with Crippen molar-refractivity contribution in [1.82, 2.24) is 15.0 Å². The molecule has 0 bridgehead atoms. The molecule has 16 heteroatoms. The standard InChI is InChI=1S/C43H81N3O13/c1-42(2,3)14-9-17-50-21-25-53-24-20-49-16-8-7-10-40(47)12-11-39-38-46(45-44-39)15-19-52-23-27-55-29-31-57-33-35-59-37-36-58-34-32-56-30-28-54-26-22-51-18-13-41(48)43(4,5)6/h38H,7-37H2,1-6H3. The summed E-state index contributed by atoms with van der Waals surface area (Å²) in [5.74, 6) is 0.429. The average molecular weight is 848 g/mol. The lowest BCUT2D eigenvalue weighted by Crippen LogP contribution is -2.22. The van der Waals surface area contributed by atoms with E-state index in [0.29, 0.717) is 176 Å². The van der Waals surface area contributed by atoms with Crippen LogP contribution in [-0.2, 0) is 74.7 Å². The largest absolute Gasteiger partial charge is 0.379 e. The van der Waals surface area contributed by atoms with E-state index in [0.717, 1.165) is 38.0 Å². The molecule has 59 heavy (non-hydrogen) atoms. The third-order valence-electron chi connectivity index (χ3n) is 8.58. The molecule has 16 nitrogen and oxygen atoms in total. The highest BCUT2D eigenvalue weighted by Crippen LogP contribution is 2.20. The number of carbonyl (C=O) groups excluding carboxylic acids is 2. The van der Waals surface area contributed by atoms with Crippen LogP contribution < -0.4 is 0 Å². The first-order chi connectivity index (χ1) is 28.5. The zero-order chi connectivity index (χ0) is 43.1. The first-order valence-corrected chi connectivity index (χ1v) is 21.8. The van der Waals surface area contributed by atoms with E-state index >= 15 is 0 Å². The predicted molar refractivity (Wildman–Crippen MR) is 224 cm³/mol. The first-order valence-electron chi connectivity index (χ1n) is 21.8. The number of ether oxygens (including phenoxy) is 11. The smallest absolute Gasteiger partial charge is 0.140 e. The Kier molecular flexibility index (Phi) is 35.2. The number of Topliss-reactive ketones (excluding diaryl/α,β-unsaturated/α-hetero) is 2. The van der Waals surface area contributed by atoms with Crippen molar-refractivity contribution >= 4 is 11.6 Å². The van der Waals surface area contributed by atoms with Crippen molar-refractivity contribution < 1.29 is 61.7 Å². The van der Waals surface area contributed by atoms with Crippen molar-refractivity contribution in [2.45, 2.75) is 99.5 Å². The number of ketones is 2. The molecule has 0 radical (unpaired) electrons. The molecule has 0 saturated heterocycles. The van der Waals surface area contributed by atoms with E-state index in [2.05, 4.69) is 31.1 Å². The fourth-order valence-corrected chi connectivity index (χ4v) is 5.07. The molecule has 0 spiro atoms. The maximum atomic E-state index is 12.3. The normalized spacial score (nSPS) is 12.2. The highest BCUT2D eigenvalue weighted by molar-refractivity contribution is 5.83. The van der Waals surface area contributed by atoms with E-state index in [4.69, 9.17) is 52.1 Å². The van der Waals surface area contributed by atoms with Crippen LogP contribution in [0.4, 0.5) is 0 Å². The van der Waals surface area contributed by atoms with Gasteiger partial charge in [-0.1, -0.05) is 46.8 Å². The maximum Gasteiger partial charge on any atom is 0.140 e. The van der Waals surface area contributed by atoms with Gasteiger partial charge in [0.2, 0.25) is 0 Å². The number of carbonyl (C=O) groups is 2. The number of aromatic nitrogens is 3. The molecule has 0 fully saturated rings. The summed E-state index contributed by atoms with van der Waals surface area (Å²) in [7, 11) is 0. The zero-order valence-corrected chi connectivity index (χ0v) is 37.6. The van der Waals surface area contributed by atoms with E-state index < -0.39 is 0 Å². The van der Waals surface area contributed by atoms with Gasteiger partial charge in [0.15, 0.2) is 0 Å². The Hall–Kier alpha value is -1.96. The lowest BCUT2D eigenvalue weighted by Gasteiger charge is -2.17. The van der Waals surface area contributed by atoms with Gasteiger partial charge in [-0.3, -0.25) is 9.59 Å². The summed E-state index contributed by atoms with van der Waals surface area (Å²) in [5, 5.41) is 8.32. The van der Waals surface area contributed by atoms with Crippen LogP contribution in [0.25, 0.3) is 0 Å². The Bertz CT molecular complexity index is 1110. The SMILES string of the molecule is CC(C)(C)CCCOCCOCCOCCCCC(=O)CCc1cn(CCOCCOCCOCCOCCOCCOCCOCCOCCC(=O)C(C)(C)C)nn1. The van der Waals surface area contributed by atoms with E-state index in [1.165, 1.54) is 0 Å².